The molecule has 4 heteroatoms. The van der Waals surface area contributed by atoms with Gasteiger partial charge >= 0.3 is 0 Å². The molecule has 0 saturated carbocycles. The van der Waals surface area contributed by atoms with E-state index in [1.54, 1.807) is 20.4 Å². The Morgan fingerprint density at radius 1 is 0.950 bits per heavy atom. The molecule has 1 heterocycles. The monoisotopic (exact) mass is 275 g/mol. The van der Waals surface area contributed by atoms with Crippen LogP contribution in [0.2, 0.25) is 0 Å². The largest absolute Gasteiger partial charge is 0.496 e. The topological polar surface area (TPSA) is 44.5 Å². The molecule has 2 rings (SSSR count). The van der Waals surface area contributed by atoms with Crippen LogP contribution < -0.4 is 9.47 Å². The third kappa shape index (κ3) is 2.38. The van der Waals surface area contributed by atoms with Crippen molar-refractivity contribution in [2.75, 3.05) is 14.2 Å². The Hall–Kier alpha value is -1.97. The fraction of sp³-hybridized carbons (Fsp3) is 0.438. The number of ether oxygens (including phenoxy) is 2. The Balaban J connectivity index is 2.58. The van der Waals surface area contributed by atoms with Gasteiger partial charge in [0.05, 0.1) is 26.8 Å². The normalized spacial score (nSPS) is 10.7. The molecule has 0 atom stereocenters. The first-order valence-electron chi connectivity index (χ1n) is 6.61. The Morgan fingerprint density at radius 3 is 2.05 bits per heavy atom. The third-order valence-electron chi connectivity index (χ3n) is 3.72. The van der Waals surface area contributed by atoms with Crippen molar-refractivity contribution >= 4 is 0 Å². The third-order valence-corrected chi connectivity index (χ3v) is 3.72. The van der Waals surface area contributed by atoms with Gasteiger partial charge in [-0.1, -0.05) is 0 Å². The van der Waals surface area contributed by atoms with Crippen molar-refractivity contribution in [3.05, 3.63) is 40.1 Å². The lowest BCUT2D eigenvalue weighted by Gasteiger charge is -2.19. The second kappa shape index (κ2) is 5.57. The van der Waals surface area contributed by atoms with Gasteiger partial charge in [0.25, 0.3) is 0 Å². The molecule has 0 spiro atoms. The van der Waals surface area contributed by atoms with Gasteiger partial charge in [0.1, 0.15) is 17.3 Å². The van der Waals surface area contributed by atoms with Crippen LogP contribution in [0.1, 0.15) is 33.9 Å². The summed E-state index contributed by atoms with van der Waals surface area (Å²) in [4.78, 5) is 4.27. The van der Waals surface area contributed by atoms with E-state index in [0.29, 0.717) is 12.3 Å². The molecule has 4 nitrogen and oxygen atoms in total. The second-order valence-electron chi connectivity index (χ2n) is 4.96. The van der Waals surface area contributed by atoms with Crippen LogP contribution >= 0.6 is 0 Å². The van der Waals surface area contributed by atoms with Crippen molar-refractivity contribution in [3.63, 3.8) is 0 Å². The van der Waals surface area contributed by atoms with Gasteiger partial charge in [-0.25, -0.2) is 4.98 Å². The summed E-state index contributed by atoms with van der Waals surface area (Å²) in [6, 6.07) is 0. The first-order valence-corrected chi connectivity index (χ1v) is 6.61. The zero-order valence-electron chi connectivity index (χ0n) is 13.0. The van der Waals surface area contributed by atoms with Gasteiger partial charge in [0.2, 0.25) is 0 Å². The minimum atomic E-state index is 0.598. The fourth-order valence-corrected chi connectivity index (χ4v) is 2.59. The molecule has 0 aliphatic rings. The maximum atomic E-state index is 5.59. The van der Waals surface area contributed by atoms with E-state index in [4.69, 9.17) is 13.9 Å². The van der Waals surface area contributed by atoms with E-state index >= 15 is 0 Å². The van der Waals surface area contributed by atoms with Crippen LogP contribution in [0.25, 0.3) is 0 Å². The molecule has 1 aromatic heterocycles. The second-order valence-corrected chi connectivity index (χ2v) is 4.96. The van der Waals surface area contributed by atoms with Gasteiger partial charge < -0.3 is 13.9 Å². The van der Waals surface area contributed by atoms with E-state index < -0.39 is 0 Å². The predicted molar refractivity (Wildman–Crippen MR) is 77.8 cm³/mol. The number of aryl methyl sites for hydroxylation is 1. The Morgan fingerprint density at radius 2 is 1.55 bits per heavy atom. The van der Waals surface area contributed by atoms with Gasteiger partial charge in [-0.15, -0.1) is 0 Å². The van der Waals surface area contributed by atoms with E-state index in [0.717, 1.165) is 39.5 Å². The van der Waals surface area contributed by atoms with Gasteiger partial charge in [-0.05, 0) is 44.4 Å². The molecular formula is C16H21NO3. The molecule has 1 aromatic carbocycles. The molecule has 0 amide bonds. The van der Waals surface area contributed by atoms with Crippen LogP contribution in [0.5, 0.6) is 11.5 Å². The SMILES string of the molecule is COc1c(C)c(C)c(OC)c(Cc2ncc(C)o2)c1C. The summed E-state index contributed by atoms with van der Waals surface area (Å²) in [5, 5.41) is 0. The molecule has 0 saturated heterocycles. The molecule has 0 N–H and O–H groups in total. The highest BCUT2D eigenvalue weighted by Gasteiger charge is 2.20. The average Bonchev–Trinajstić information content (AvgIpc) is 2.83. The number of hydrogen-bond donors (Lipinski definition) is 0. The molecule has 0 fully saturated rings. The molecule has 0 aliphatic heterocycles. The molecule has 0 bridgehead atoms. The quantitative estimate of drug-likeness (QED) is 0.856. The zero-order valence-corrected chi connectivity index (χ0v) is 13.0. The molecule has 20 heavy (non-hydrogen) atoms. The lowest BCUT2D eigenvalue weighted by atomic mass is 9.95. The summed E-state index contributed by atoms with van der Waals surface area (Å²) in [6.45, 7) is 8.02. The number of hydrogen-bond acceptors (Lipinski definition) is 4. The smallest absolute Gasteiger partial charge is 0.198 e. The van der Waals surface area contributed by atoms with E-state index in [-0.39, 0.29) is 0 Å². The van der Waals surface area contributed by atoms with Crippen molar-refractivity contribution in [3.8, 4) is 11.5 Å². The number of oxazole rings is 1. The maximum Gasteiger partial charge on any atom is 0.198 e. The summed E-state index contributed by atoms with van der Waals surface area (Å²) in [5.41, 5.74) is 4.33. The molecule has 108 valence electrons. The van der Waals surface area contributed by atoms with Gasteiger partial charge in [-0.3, -0.25) is 0 Å². The van der Waals surface area contributed by atoms with Crippen molar-refractivity contribution < 1.29 is 13.9 Å². The van der Waals surface area contributed by atoms with Gasteiger partial charge in [0, 0.05) is 5.56 Å². The van der Waals surface area contributed by atoms with Crippen molar-refractivity contribution in [1.29, 1.82) is 0 Å². The summed E-state index contributed by atoms with van der Waals surface area (Å²) in [5.74, 6) is 3.29. The summed E-state index contributed by atoms with van der Waals surface area (Å²) in [6.07, 6.45) is 2.33. The lowest BCUT2D eigenvalue weighted by Crippen LogP contribution is -2.04. The van der Waals surface area contributed by atoms with Crippen LogP contribution in [0, 0.1) is 27.7 Å². The average molecular weight is 275 g/mol. The summed E-state index contributed by atoms with van der Waals surface area (Å²) < 4.78 is 16.7. The van der Waals surface area contributed by atoms with Gasteiger partial charge in [-0.2, -0.15) is 0 Å². The first-order chi connectivity index (χ1) is 9.49. The molecule has 2 aromatic rings. The van der Waals surface area contributed by atoms with Crippen LogP contribution in [0.15, 0.2) is 10.6 Å². The highest BCUT2D eigenvalue weighted by molar-refractivity contribution is 5.58. The number of nitrogens with zero attached hydrogens (tertiary/aromatic N) is 1. The molecule has 0 unspecified atom stereocenters. The van der Waals surface area contributed by atoms with E-state index in [2.05, 4.69) is 4.98 Å². The molecule has 0 aliphatic carbocycles. The van der Waals surface area contributed by atoms with E-state index in [9.17, 15) is 0 Å². The minimum Gasteiger partial charge on any atom is -0.496 e. The Bertz CT molecular complexity index is 629. The number of methoxy groups -OCH3 is 2. The predicted octanol–water partition coefficient (Wildman–Crippen LogP) is 3.52. The highest BCUT2D eigenvalue weighted by atomic mass is 16.5. The fourth-order valence-electron chi connectivity index (χ4n) is 2.59. The highest BCUT2D eigenvalue weighted by Crippen LogP contribution is 2.38. The molecular weight excluding hydrogens is 254 g/mol. The molecule has 0 radical (unpaired) electrons. The lowest BCUT2D eigenvalue weighted by molar-refractivity contribution is 0.389. The number of benzene rings is 1. The maximum absolute atomic E-state index is 5.59. The van der Waals surface area contributed by atoms with Crippen molar-refractivity contribution in [2.24, 2.45) is 0 Å². The number of aromatic nitrogens is 1. The van der Waals surface area contributed by atoms with Crippen LogP contribution in [0.3, 0.4) is 0 Å². The Labute approximate surface area is 119 Å². The Kier molecular flexibility index (Phi) is 4.02. The minimum absolute atomic E-state index is 0.598. The zero-order chi connectivity index (χ0) is 14.9. The van der Waals surface area contributed by atoms with E-state index in [1.165, 1.54) is 0 Å². The van der Waals surface area contributed by atoms with E-state index in [1.807, 2.05) is 27.7 Å². The summed E-state index contributed by atoms with van der Waals surface area (Å²) in [7, 11) is 3.39. The van der Waals surface area contributed by atoms with Crippen LogP contribution in [0.4, 0.5) is 0 Å². The summed E-state index contributed by atoms with van der Waals surface area (Å²) >= 11 is 0. The number of rotatable bonds is 4. The standard InChI is InChI=1S/C16H21NO3/c1-9-8-17-14(20-9)7-13-12(4)15(18-5)10(2)11(3)16(13)19-6/h8H,7H2,1-6H3. The van der Waals surface area contributed by atoms with Crippen LogP contribution in [-0.2, 0) is 6.42 Å². The van der Waals surface area contributed by atoms with Crippen LogP contribution in [-0.4, -0.2) is 19.2 Å². The first kappa shape index (κ1) is 14.4. The van der Waals surface area contributed by atoms with Gasteiger partial charge in [0.15, 0.2) is 5.89 Å². The van der Waals surface area contributed by atoms with Crippen molar-refractivity contribution in [2.45, 2.75) is 34.1 Å². The van der Waals surface area contributed by atoms with Crippen molar-refractivity contribution in [1.82, 2.24) is 4.98 Å².